The standard InChI is InChI=1S/C21H28N2O3S/c1-5-23(6-2)27(25,26)19-14-12-17(13-15-19)20(24)22-16-21(3,4)18-10-8-7-9-11-18/h7-15H,5-6,16H2,1-4H3,(H,22,24). The molecule has 0 aliphatic heterocycles. The third-order valence-corrected chi connectivity index (χ3v) is 6.77. The van der Waals surface area contributed by atoms with Gasteiger partial charge >= 0.3 is 0 Å². The maximum absolute atomic E-state index is 12.5. The van der Waals surface area contributed by atoms with Crippen molar-refractivity contribution in [2.24, 2.45) is 0 Å². The van der Waals surface area contributed by atoms with E-state index in [0.717, 1.165) is 5.56 Å². The normalized spacial score (nSPS) is 12.2. The Balaban J connectivity index is 2.08. The summed E-state index contributed by atoms with van der Waals surface area (Å²) in [4.78, 5) is 12.7. The van der Waals surface area contributed by atoms with Gasteiger partial charge in [-0.2, -0.15) is 4.31 Å². The molecule has 2 aromatic carbocycles. The van der Waals surface area contributed by atoms with Gasteiger partial charge in [-0.25, -0.2) is 8.42 Å². The molecule has 0 radical (unpaired) electrons. The molecule has 0 aromatic heterocycles. The molecule has 0 fully saturated rings. The fourth-order valence-corrected chi connectivity index (χ4v) is 4.34. The van der Waals surface area contributed by atoms with Crippen LogP contribution >= 0.6 is 0 Å². The molecule has 0 heterocycles. The van der Waals surface area contributed by atoms with Gasteiger partial charge in [0.05, 0.1) is 4.90 Å². The van der Waals surface area contributed by atoms with Gasteiger partial charge in [0, 0.05) is 30.6 Å². The minimum atomic E-state index is -3.51. The Morgan fingerprint density at radius 1 is 0.963 bits per heavy atom. The monoisotopic (exact) mass is 388 g/mol. The fourth-order valence-electron chi connectivity index (χ4n) is 2.89. The van der Waals surface area contributed by atoms with Crippen LogP contribution in [0, 0.1) is 0 Å². The van der Waals surface area contributed by atoms with E-state index in [-0.39, 0.29) is 16.2 Å². The summed E-state index contributed by atoms with van der Waals surface area (Å²) < 4.78 is 26.4. The lowest BCUT2D eigenvalue weighted by atomic mass is 9.84. The number of hydrogen-bond acceptors (Lipinski definition) is 3. The third-order valence-electron chi connectivity index (χ3n) is 4.71. The smallest absolute Gasteiger partial charge is 0.251 e. The number of benzene rings is 2. The number of hydrogen-bond donors (Lipinski definition) is 1. The minimum Gasteiger partial charge on any atom is -0.351 e. The van der Waals surface area contributed by atoms with Gasteiger partial charge < -0.3 is 5.32 Å². The second kappa shape index (κ2) is 8.67. The Hall–Kier alpha value is -2.18. The first-order chi connectivity index (χ1) is 12.7. The first-order valence-corrected chi connectivity index (χ1v) is 10.6. The van der Waals surface area contributed by atoms with E-state index in [9.17, 15) is 13.2 Å². The minimum absolute atomic E-state index is 0.201. The molecule has 2 aromatic rings. The number of nitrogens with zero attached hydrogens (tertiary/aromatic N) is 1. The Kier molecular flexibility index (Phi) is 6.78. The van der Waals surface area contributed by atoms with Crippen LogP contribution in [0.15, 0.2) is 59.5 Å². The lowest BCUT2D eigenvalue weighted by Gasteiger charge is -2.25. The summed E-state index contributed by atoms with van der Waals surface area (Å²) in [6, 6.07) is 16.1. The molecule has 0 spiro atoms. The van der Waals surface area contributed by atoms with Crippen molar-refractivity contribution in [1.29, 1.82) is 0 Å². The highest BCUT2D eigenvalue weighted by Gasteiger charge is 2.23. The zero-order chi connectivity index (χ0) is 20.1. The van der Waals surface area contributed by atoms with E-state index in [1.54, 1.807) is 26.0 Å². The quantitative estimate of drug-likeness (QED) is 0.753. The third kappa shape index (κ3) is 4.96. The maximum atomic E-state index is 12.5. The second-order valence-electron chi connectivity index (χ2n) is 7.05. The van der Waals surface area contributed by atoms with Gasteiger partial charge in [-0.05, 0) is 29.8 Å². The average molecular weight is 389 g/mol. The average Bonchev–Trinajstić information content (AvgIpc) is 2.67. The lowest BCUT2D eigenvalue weighted by Crippen LogP contribution is -2.36. The van der Waals surface area contributed by atoms with Crippen LogP contribution in [-0.2, 0) is 15.4 Å². The van der Waals surface area contributed by atoms with Gasteiger partial charge in [-0.3, -0.25) is 4.79 Å². The van der Waals surface area contributed by atoms with Crippen molar-refractivity contribution in [2.45, 2.75) is 38.0 Å². The number of amides is 1. The van der Waals surface area contributed by atoms with Crippen LogP contribution < -0.4 is 5.32 Å². The Morgan fingerprint density at radius 3 is 2.04 bits per heavy atom. The molecule has 1 amide bonds. The van der Waals surface area contributed by atoms with Crippen molar-refractivity contribution < 1.29 is 13.2 Å². The van der Waals surface area contributed by atoms with Crippen molar-refractivity contribution in [2.75, 3.05) is 19.6 Å². The highest BCUT2D eigenvalue weighted by atomic mass is 32.2. The van der Waals surface area contributed by atoms with Crippen LogP contribution in [0.3, 0.4) is 0 Å². The first kappa shape index (κ1) is 21.1. The molecule has 0 saturated carbocycles. The van der Waals surface area contributed by atoms with Crippen LogP contribution in [0.25, 0.3) is 0 Å². The summed E-state index contributed by atoms with van der Waals surface area (Å²) in [7, 11) is -3.51. The number of rotatable bonds is 8. The molecule has 0 bridgehead atoms. The summed E-state index contributed by atoms with van der Waals surface area (Å²) in [5, 5.41) is 2.94. The molecule has 0 unspecified atom stereocenters. The molecule has 1 N–H and O–H groups in total. The van der Waals surface area contributed by atoms with E-state index in [1.807, 2.05) is 30.3 Å². The summed E-state index contributed by atoms with van der Waals surface area (Å²) in [5.41, 5.74) is 1.38. The molecule has 6 heteroatoms. The maximum Gasteiger partial charge on any atom is 0.251 e. The molecular formula is C21H28N2O3S. The van der Waals surface area contributed by atoms with E-state index in [4.69, 9.17) is 0 Å². The SMILES string of the molecule is CCN(CC)S(=O)(=O)c1ccc(C(=O)NCC(C)(C)c2ccccc2)cc1. The zero-order valence-electron chi connectivity index (χ0n) is 16.4. The van der Waals surface area contributed by atoms with Gasteiger partial charge in [0.1, 0.15) is 0 Å². The molecule has 27 heavy (non-hydrogen) atoms. The molecule has 5 nitrogen and oxygen atoms in total. The molecule has 0 atom stereocenters. The summed E-state index contributed by atoms with van der Waals surface area (Å²) >= 11 is 0. The van der Waals surface area contributed by atoms with Gasteiger partial charge in [-0.1, -0.05) is 58.0 Å². The lowest BCUT2D eigenvalue weighted by molar-refractivity contribution is 0.0945. The van der Waals surface area contributed by atoms with Gasteiger partial charge in [0.25, 0.3) is 5.91 Å². The van der Waals surface area contributed by atoms with Crippen molar-refractivity contribution in [3.63, 3.8) is 0 Å². The van der Waals surface area contributed by atoms with Crippen LogP contribution in [0.5, 0.6) is 0 Å². The van der Waals surface area contributed by atoms with Gasteiger partial charge in [-0.15, -0.1) is 0 Å². The zero-order valence-corrected chi connectivity index (χ0v) is 17.2. The van der Waals surface area contributed by atoms with Gasteiger partial charge in [0.2, 0.25) is 10.0 Å². The number of carbonyl (C=O) groups is 1. The van der Waals surface area contributed by atoms with E-state index in [0.29, 0.717) is 25.2 Å². The van der Waals surface area contributed by atoms with E-state index < -0.39 is 10.0 Å². The number of carbonyl (C=O) groups excluding carboxylic acids is 1. The van der Waals surface area contributed by atoms with Gasteiger partial charge in [0.15, 0.2) is 0 Å². The highest BCUT2D eigenvalue weighted by molar-refractivity contribution is 7.89. The fraction of sp³-hybridized carbons (Fsp3) is 0.381. The van der Waals surface area contributed by atoms with E-state index in [2.05, 4.69) is 19.2 Å². The molecule has 0 aliphatic carbocycles. The van der Waals surface area contributed by atoms with Crippen LogP contribution in [0.1, 0.15) is 43.6 Å². The number of sulfonamides is 1. The summed E-state index contributed by atoms with van der Waals surface area (Å²) in [5.74, 6) is -0.217. The van der Waals surface area contributed by atoms with Crippen LogP contribution in [0.4, 0.5) is 0 Å². The molecule has 0 saturated heterocycles. The predicted octanol–water partition coefficient (Wildman–Crippen LogP) is 3.42. The van der Waals surface area contributed by atoms with Crippen LogP contribution in [0.2, 0.25) is 0 Å². The topological polar surface area (TPSA) is 66.5 Å². The van der Waals surface area contributed by atoms with Crippen molar-refractivity contribution >= 4 is 15.9 Å². The Labute approximate surface area is 162 Å². The molecule has 146 valence electrons. The summed E-state index contributed by atoms with van der Waals surface area (Å²) in [6.07, 6.45) is 0. The molecule has 2 rings (SSSR count). The molecule has 0 aliphatic rings. The Bertz CT molecular complexity index is 856. The second-order valence-corrected chi connectivity index (χ2v) is 8.98. The van der Waals surface area contributed by atoms with Crippen molar-refractivity contribution in [3.8, 4) is 0 Å². The van der Waals surface area contributed by atoms with Crippen molar-refractivity contribution in [1.82, 2.24) is 9.62 Å². The van der Waals surface area contributed by atoms with E-state index >= 15 is 0 Å². The van der Waals surface area contributed by atoms with Crippen LogP contribution in [-0.4, -0.2) is 38.3 Å². The number of nitrogens with one attached hydrogen (secondary N) is 1. The molecular weight excluding hydrogens is 360 g/mol. The highest BCUT2D eigenvalue weighted by Crippen LogP contribution is 2.22. The largest absolute Gasteiger partial charge is 0.351 e. The summed E-state index contributed by atoms with van der Waals surface area (Å²) in [6.45, 7) is 9.06. The Morgan fingerprint density at radius 2 is 1.52 bits per heavy atom. The first-order valence-electron chi connectivity index (χ1n) is 9.16. The van der Waals surface area contributed by atoms with E-state index in [1.165, 1.54) is 16.4 Å². The van der Waals surface area contributed by atoms with Crippen molar-refractivity contribution in [3.05, 3.63) is 65.7 Å². The predicted molar refractivity (Wildman–Crippen MR) is 108 cm³/mol.